The van der Waals surface area contributed by atoms with Crippen LogP contribution in [0.3, 0.4) is 0 Å². The molecule has 1 aromatic carbocycles. The number of rotatable bonds is 9. The van der Waals surface area contributed by atoms with Gasteiger partial charge in [-0.25, -0.2) is 14.4 Å². The molecule has 41 heavy (non-hydrogen) atoms. The third kappa shape index (κ3) is 5.57. The molecule has 5 heterocycles. The number of likely N-dealkylation sites (N-methyl/N-ethyl adjacent to an activating group) is 1. The summed E-state index contributed by atoms with van der Waals surface area (Å²) in [4.78, 5) is 23.6. The van der Waals surface area contributed by atoms with Crippen LogP contribution in [-0.2, 0) is 0 Å². The molecule has 10 nitrogen and oxygen atoms in total. The lowest BCUT2D eigenvalue weighted by Gasteiger charge is -2.12. The maximum absolute atomic E-state index is 14.6. The molecule has 0 aliphatic carbocycles. The van der Waals surface area contributed by atoms with E-state index < -0.39 is 0 Å². The summed E-state index contributed by atoms with van der Waals surface area (Å²) in [6, 6.07) is 10.8. The number of nitrogens with one attached hydrogen (secondary N) is 3. The number of halogens is 1. The van der Waals surface area contributed by atoms with Crippen LogP contribution >= 0.6 is 0 Å². The van der Waals surface area contributed by atoms with Crippen molar-refractivity contribution in [2.75, 3.05) is 32.6 Å². The molecule has 6 aromatic rings. The van der Waals surface area contributed by atoms with E-state index in [1.165, 1.54) is 12.1 Å². The molecule has 0 atom stereocenters. The van der Waals surface area contributed by atoms with Gasteiger partial charge in [-0.2, -0.15) is 5.10 Å². The fraction of sp³-hybridized carbons (Fsp3) is 0.233. The second-order valence-corrected chi connectivity index (χ2v) is 10.4. The van der Waals surface area contributed by atoms with Crippen molar-refractivity contribution in [1.29, 1.82) is 0 Å². The second kappa shape index (κ2) is 10.9. The van der Waals surface area contributed by atoms with Crippen LogP contribution in [0.15, 0.2) is 61.2 Å². The molecule has 0 radical (unpaired) electrons. The number of ether oxygens (including phenoxy) is 1. The number of fused-ring (bicyclic) bond motifs is 2. The second-order valence-electron chi connectivity index (χ2n) is 10.4. The molecule has 0 aliphatic rings. The van der Waals surface area contributed by atoms with Crippen LogP contribution in [0.25, 0.3) is 56.0 Å². The Labute approximate surface area is 236 Å². The van der Waals surface area contributed by atoms with Gasteiger partial charge in [-0.3, -0.25) is 15.1 Å². The highest BCUT2D eigenvalue weighted by molar-refractivity contribution is 5.96. The first kappa shape index (κ1) is 26.3. The van der Waals surface area contributed by atoms with E-state index in [0.717, 1.165) is 40.0 Å². The Kier molecular flexibility index (Phi) is 7.02. The molecule has 0 unspecified atom stereocenters. The molecule has 208 valence electrons. The Morgan fingerprint density at radius 2 is 1.90 bits per heavy atom. The Morgan fingerprint density at radius 3 is 2.73 bits per heavy atom. The summed E-state index contributed by atoms with van der Waals surface area (Å²) in [5.74, 6) is 0.613. The third-order valence-corrected chi connectivity index (χ3v) is 6.54. The smallest absolute Gasteiger partial charge is 0.160 e. The third-order valence-electron chi connectivity index (χ3n) is 6.54. The fourth-order valence-electron chi connectivity index (χ4n) is 4.65. The van der Waals surface area contributed by atoms with Gasteiger partial charge in [0.05, 0.1) is 23.1 Å². The van der Waals surface area contributed by atoms with Crippen LogP contribution in [0.1, 0.15) is 13.8 Å². The minimum atomic E-state index is -0.386. The van der Waals surface area contributed by atoms with Gasteiger partial charge in [-0.05, 0) is 63.8 Å². The summed E-state index contributed by atoms with van der Waals surface area (Å²) >= 11 is 0. The molecule has 0 spiro atoms. The molecule has 0 fully saturated rings. The lowest BCUT2D eigenvalue weighted by molar-refractivity contribution is 0.260. The molecule has 0 saturated heterocycles. The van der Waals surface area contributed by atoms with Crippen LogP contribution in [-0.4, -0.2) is 73.3 Å². The molecule has 11 heteroatoms. The molecule has 3 N–H and O–H groups in total. The van der Waals surface area contributed by atoms with Gasteiger partial charge >= 0.3 is 0 Å². The van der Waals surface area contributed by atoms with Gasteiger partial charge in [0.2, 0.25) is 0 Å². The Morgan fingerprint density at radius 1 is 1.02 bits per heavy atom. The largest absolute Gasteiger partial charge is 0.492 e. The average Bonchev–Trinajstić information content (AvgIpc) is 3.56. The van der Waals surface area contributed by atoms with Gasteiger partial charge in [0.15, 0.2) is 11.5 Å². The van der Waals surface area contributed by atoms with Crippen molar-refractivity contribution in [3.63, 3.8) is 0 Å². The summed E-state index contributed by atoms with van der Waals surface area (Å²) in [7, 11) is 3.92. The Balaban J connectivity index is 1.37. The van der Waals surface area contributed by atoms with Crippen molar-refractivity contribution in [2.45, 2.75) is 19.9 Å². The van der Waals surface area contributed by atoms with Gasteiger partial charge in [-0.15, -0.1) is 0 Å². The van der Waals surface area contributed by atoms with E-state index in [1.54, 1.807) is 24.8 Å². The van der Waals surface area contributed by atoms with E-state index >= 15 is 0 Å². The minimum Gasteiger partial charge on any atom is -0.492 e. The van der Waals surface area contributed by atoms with Crippen LogP contribution in [0.5, 0.6) is 5.75 Å². The van der Waals surface area contributed by atoms with Crippen molar-refractivity contribution >= 4 is 27.8 Å². The summed E-state index contributed by atoms with van der Waals surface area (Å²) in [6.45, 7) is 5.33. The number of aromatic nitrogens is 7. The maximum Gasteiger partial charge on any atom is 0.160 e. The summed E-state index contributed by atoms with van der Waals surface area (Å²) in [5, 5.41) is 11.8. The van der Waals surface area contributed by atoms with Crippen molar-refractivity contribution in [3.8, 4) is 39.7 Å². The van der Waals surface area contributed by atoms with Crippen molar-refractivity contribution < 1.29 is 9.13 Å². The monoisotopic (exact) mass is 551 g/mol. The topological polar surface area (TPSA) is 121 Å². The zero-order chi connectivity index (χ0) is 28.5. The summed E-state index contributed by atoms with van der Waals surface area (Å²) in [6.07, 6.45) is 7.00. The van der Waals surface area contributed by atoms with Gasteiger partial charge < -0.3 is 19.9 Å². The molecule has 5 aromatic heterocycles. The molecule has 0 aliphatic heterocycles. The van der Waals surface area contributed by atoms with E-state index in [1.807, 2.05) is 43.3 Å². The number of benzene rings is 1. The predicted molar refractivity (Wildman–Crippen MR) is 158 cm³/mol. The van der Waals surface area contributed by atoms with Crippen LogP contribution in [0, 0.1) is 5.82 Å². The quantitative estimate of drug-likeness (QED) is 0.215. The number of aromatic amines is 2. The lowest BCUT2D eigenvalue weighted by Crippen LogP contribution is -2.19. The van der Waals surface area contributed by atoms with E-state index in [0.29, 0.717) is 40.6 Å². The van der Waals surface area contributed by atoms with E-state index in [2.05, 4.69) is 49.3 Å². The first-order chi connectivity index (χ1) is 19.8. The zero-order valence-electron chi connectivity index (χ0n) is 23.2. The molecule has 6 rings (SSSR count). The zero-order valence-corrected chi connectivity index (χ0v) is 23.2. The highest BCUT2D eigenvalue weighted by Crippen LogP contribution is 2.33. The number of imidazole rings is 1. The molecular formula is C30H30FN9O. The van der Waals surface area contributed by atoms with E-state index in [-0.39, 0.29) is 11.9 Å². The number of H-pyrrole nitrogens is 2. The van der Waals surface area contributed by atoms with Crippen LogP contribution < -0.4 is 10.1 Å². The number of hydrogen-bond donors (Lipinski definition) is 3. The SMILES string of the molecule is CC(C)Nc1cncc(-c2cc3c(-c4nc5c(-c6cc(F)cc(OCCN(C)C)c6)ccnc5[nH]4)n[nH]c3cn2)c1. The summed E-state index contributed by atoms with van der Waals surface area (Å²) < 4.78 is 20.4. The normalized spacial score (nSPS) is 11.7. The Hall–Kier alpha value is -4.90. The number of hydrogen-bond acceptors (Lipinski definition) is 8. The van der Waals surface area contributed by atoms with Gasteiger partial charge in [0, 0.05) is 53.8 Å². The minimum absolute atomic E-state index is 0.282. The number of pyridine rings is 3. The maximum atomic E-state index is 14.6. The van der Waals surface area contributed by atoms with Gasteiger partial charge in [0.1, 0.15) is 29.4 Å². The van der Waals surface area contributed by atoms with Crippen molar-refractivity contribution in [3.05, 3.63) is 67.0 Å². The highest BCUT2D eigenvalue weighted by Gasteiger charge is 2.18. The Bertz CT molecular complexity index is 1840. The molecule has 0 saturated carbocycles. The fourth-order valence-corrected chi connectivity index (χ4v) is 4.65. The average molecular weight is 552 g/mol. The standard InChI is InChI=1S/C30H30FN9O/c1-17(2)35-21-10-19(14-32-15-21)25-13-24-26(16-34-25)38-39-28(24)30-36-27-23(5-6-33-29(27)37-30)18-9-20(31)12-22(11-18)41-8-7-40(3)4/h5-6,9-17,35H,7-8H2,1-4H3,(H,38,39)(H,33,36,37). The van der Waals surface area contributed by atoms with E-state index in [4.69, 9.17) is 9.72 Å². The van der Waals surface area contributed by atoms with Crippen molar-refractivity contribution in [2.24, 2.45) is 0 Å². The van der Waals surface area contributed by atoms with Crippen molar-refractivity contribution in [1.82, 2.24) is 40.0 Å². The van der Waals surface area contributed by atoms with Crippen LogP contribution in [0.2, 0.25) is 0 Å². The molecule has 0 amide bonds. The first-order valence-electron chi connectivity index (χ1n) is 13.3. The number of nitrogens with zero attached hydrogens (tertiary/aromatic N) is 6. The molecule has 0 bridgehead atoms. The first-order valence-corrected chi connectivity index (χ1v) is 13.3. The van der Waals surface area contributed by atoms with Gasteiger partial charge in [0.25, 0.3) is 0 Å². The van der Waals surface area contributed by atoms with Crippen LogP contribution in [0.4, 0.5) is 10.1 Å². The summed E-state index contributed by atoms with van der Waals surface area (Å²) in [5.41, 5.74) is 6.52. The molecular weight excluding hydrogens is 521 g/mol. The highest BCUT2D eigenvalue weighted by atomic mass is 19.1. The lowest BCUT2D eigenvalue weighted by atomic mass is 10.1. The predicted octanol–water partition coefficient (Wildman–Crippen LogP) is 5.53. The van der Waals surface area contributed by atoms with Gasteiger partial charge in [-0.1, -0.05) is 0 Å². The van der Waals surface area contributed by atoms with E-state index in [9.17, 15) is 4.39 Å². The number of anilines is 1.